The van der Waals surface area contributed by atoms with Crippen molar-refractivity contribution >= 4 is 0 Å². The molecule has 0 radical (unpaired) electrons. The van der Waals surface area contributed by atoms with E-state index in [9.17, 15) is 10.4 Å². The zero-order valence-corrected chi connectivity index (χ0v) is 12.7. The fraction of sp³-hybridized carbons (Fsp3) is 0.588. The average Bonchev–Trinajstić information content (AvgIpc) is 2.51. The van der Waals surface area contributed by atoms with Crippen LogP contribution >= 0.6 is 0 Å². The van der Waals surface area contributed by atoms with Crippen molar-refractivity contribution in [3.8, 4) is 11.8 Å². The fourth-order valence-corrected chi connectivity index (χ4v) is 2.75. The molecule has 1 fully saturated rings. The lowest BCUT2D eigenvalue weighted by atomic mass is 9.73. The molecule has 1 aliphatic rings. The Balaban J connectivity index is 0.000000956. The maximum absolute atomic E-state index is 10.7. The highest BCUT2D eigenvalue weighted by atomic mass is 16.5. The van der Waals surface area contributed by atoms with Gasteiger partial charge in [-0.05, 0) is 30.5 Å². The lowest BCUT2D eigenvalue weighted by Crippen LogP contribution is -2.37. The molecule has 1 saturated carbocycles. The molecule has 0 amide bonds. The number of hydrogen-bond acceptors (Lipinski definition) is 3. The quantitative estimate of drug-likeness (QED) is 0.906. The summed E-state index contributed by atoms with van der Waals surface area (Å²) < 4.78 is 5.11. The molecule has 1 unspecified atom stereocenters. The molecule has 110 valence electrons. The number of nitrogens with zero attached hydrogens (tertiary/aromatic N) is 1. The van der Waals surface area contributed by atoms with Crippen molar-refractivity contribution in [2.75, 3.05) is 7.11 Å². The molecule has 0 aliphatic heterocycles. The van der Waals surface area contributed by atoms with Crippen LogP contribution in [0.2, 0.25) is 0 Å². The standard InChI is InChI=1S/C15H19NO2.C2H6/c1-18-13-7-5-12(6-8-13)14(11-16)15(17)9-3-2-4-10-15;1-2/h5-8,14,17H,2-4,9-10H2,1H3;1-2H3. The highest BCUT2D eigenvalue weighted by Crippen LogP contribution is 2.39. The molecular formula is C17H25NO2. The highest BCUT2D eigenvalue weighted by molar-refractivity contribution is 5.34. The minimum atomic E-state index is -0.860. The minimum absolute atomic E-state index is 0.441. The monoisotopic (exact) mass is 275 g/mol. The van der Waals surface area contributed by atoms with Crippen molar-refractivity contribution in [2.45, 2.75) is 57.5 Å². The Hall–Kier alpha value is -1.53. The van der Waals surface area contributed by atoms with E-state index in [2.05, 4.69) is 6.07 Å². The molecule has 20 heavy (non-hydrogen) atoms. The van der Waals surface area contributed by atoms with E-state index < -0.39 is 11.5 Å². The molecule has 0 aromatic heterocycles. The van der Waals surface area contributed by atoms with Gasteiger partial charge in [-0.3, -0.25) is 0 Å². The number of benzene rings is 1. The van der Waals surface area contributed by atoms with Gasteiger partial charge in [-0.2, -0.15) is 5.26 Å². The van der Waals surface area contributed by atoms with Crippen molar-refractivity contribution in [2.24, 2.45) is 0 Å². The summed E-state index contributed by atoms with van der Waals surface area (Å²) in [7, 11) is 1.62. The van der Waals surface area contributed by atoms with Crippen LogP contribution in [0, 0.1) is 11.3 Å². The molecule has 3 nitrogen and oxygen atoms in total. The third kappa shape index (κ3) is 3.74. The predicted molar refractivity (Wildman–Crippen MR) is 80.7 cm³/mol. The maximum atomic E-state index is 10.7. The van der Waals surface area contributed by atoms with E-state index in [1.54, 1.807) is 7.11 Å². The van der Waals surface area contributed by atoms with Gasteiger partial charge < -0.3 is 9.84 Å². The SMILES string of the molecule is CC.COc1ccc(C(C#N)C2(O)CCCCC2)cc1. The van der Waals surface area contributed by atoms with Crippen molar-refractivity contribution in [1.82, 2.24) is 0 Å². The van der Waals surface area contributed by atoms with Crippen LogP contribution < -0.4 is 4.74 Å². The number of hydrogen-bond donors (Lipinski definition) is 1. The van der Waals surface area contributed by atoms with Crippen LogP contribution in [0.1, 0.15) is 57.4 Å². The lowest BCUT2D eigenvalue weighted by molar-refractivity contribution is -0.00714. The molecule has 1 N–H and O–H groups in total. The van der Waals surface area contributed by atoms with E-state index in [1.165, 1.54) is 0 Å². The van der Waals surface area contributed by atoms with Crippen LogP contribution in [0.25, 0.3) is 0 Å². The first kappa shape index (κ1) is 16.5. The zero-order chi connectivity index (χ0) is 15.0. The van der Waals surface area contributed by atoms with Crippen LogP contribution in [0.15, 0.2) is 24.3 Å². The van der Waals surface area contributed by atoms with Crippen LogP contribution in [-0.4, -0.2) is 17.8 Å². The van der Waals surface area contributed by atoms with Gasteiger partial charge in [-0.1, -0.05) is 45.2 Å². The van der Waals surface area contributed by atoms with Gasteiger partial charge in [0, 0.05) is 0 Å². The van der Waals surface area contributed by atoms with E-state index in [0.29, 0.717) is 0 Å². The van der Waals surface area contributed by atoms with Crippen molar-refractivity contribution in [3.63, 3.8) is 0 Å². The summed E-state index contributed by atoms with van der Waals surface area (Å²) in [4.78, 5) is 0. The van der Waals surface area contributed by atoms with E-state index in [0.717, 1.165) is 43.4 Å². The summed E-state index contributed by atoms with van der Waals surface area (Å²) in [6.45, 7) is 4.00. The molecule has 0 bridgehead atoms. The Labute approximate surface area is 122 Å². The van der Waals surface area contributed by atoms with Gasteiger partial charge in [0.1, 0.15) is 5.75 Å². The topological polar surface area (TPSA) is 53.2 Å². The maximum Gasteiger partial charge on any atom is 0.118 e. The molecule has 2 rings (SSSR count). The average molecular weight is 275 g/mol. The summed E-state index contributed by atoms with van der Waals surface area (Å²) in [5.74, 6) is 0.328. The Bertz CT molecular complexity index is 427. The lowest BCUT2D eigenvalue weighted by Gasteiger charge is -2.36. The second-order valence-corrected chi connectivity index (χ2v) is 5.00. The number of methoxy groups -OCH3 is 1. The molecule has 1 aromatic carbocycles. The second-order valence-electron chi connectivity index (χ2n) is 5.00. The van der Waals surface area contributed by atoms with Gasteiger partial charge in [-0.15, -0.1) is 0 Å². The molecule has 1 aromatic rings. The van der Waals surface area contributed by atoms with Crippen molar-refractivity contribution in [3.05, 3.63) is 29.8 Å². The van der Waals surface area contributed by atoms with Crippen LogP contribution in [-0.2, 0) is 0 Å². The first-order valence-corrected chi connectivity index (χ1v) is 7.45. The Morgan fingerprint density at radius 2 is 1.70 bits per heavy atom. The largest absolute Gasteiger partial charge is 0.497 e. The molecule has 1 atom stereocenters. The number of rotatable bonds is 3. The fourth-order valence-electron chi connectivity index (χ4n) is 2.75. The summed E-state index contributed by atoms with van der Waals surface area (Å²) in [6.07, 6.45) is 4.60. The van der Waals surface area contributed by atoms with Gasteiger partial charge >= 0.3 is 0 Å². The Kier molecular flexibility index (Phi) is 6.54. The molecule has 1 aliphatic carbocycles. The highest BCUT2D eigenvalue weighted by Gasteiger charge is 2.38. The van der Waals surface area contributed by atoms with E-state index >= 15 is 0 Å². The Morgan fingerprint density at radius 1 is 1.15 bits per heavy atom. The first-order chi connectivity index (χ1) is 9.69. The molecule has 0 saturated heterocycles. The summed E-state index contributed by atoms with van der Waals surface area (Å²) >= 11 is 0. The first-order valence-electron chi connectivity index (χ1n) is 7.45. The smallest absolute Gasteiger partial charge is 0.118 e. The number of ether oxygens (including phenoxy) is 1. The molecule has 0 heterocycles. The van der Waals surface area contributed by atoms with Crippen LogP contribution in [0.3, 0.4) is 0 Å². The third-order valence-corrected chi connectivity index (χ3v) is 3.83. The zero-order valence-electron chi connectivity index (χ0n) is 12.7. The number of nitriles is 1. The van der Waals surface area contributed by atoms with E-state index in [-0.39, 0.29) is 0 Å². The third-order valence-electron chi connectivity index (χ3n) is 3.83. The molecule has 3 heteroatoms. The summed E-state index contributed by atoms with van der Waals surface area (Å²) in [6, 6.07) is 9.70. The predicted octanol–water partition coefficient (Wildman–Crippen LogP) is 4.02. The molecular weight excluding hydrogens is 250 g/mol. The van der Waals surface area contributed by atoms with Gasteiger partial charge in [-0.25, -0.2) is 0 Å². The van der Waals surface area contributed by atoms with Crippen molar-refractivity contribution < 1.29 is 9.84 Å². The van der Waals surface area contributed by atoms with Gasteiger partial charge in [0.25, 0.3) is 0 Å². The number of aliphatic hydroxyl groups is 1. The second kappa shape index (κ2) is 7.91. The minimum Gasteiger partial charge on any atom is -0.497 e. The van der Waals surface area contributed by atoms with Crippen LogP contribution in [0.5, 0.6) is 5.75 Å². The van der Waals surface area contributed by atoms with E-state index in [1.807, 2.05) is 38.1 Å². The van der Waals surface area contributed by atoms with Crippen molar-refractivity contribution in [1.29, 1.82) is 5.26 Å². The molecule has 0 spiro atoms. The normalized spacial score (nSPS) is 18.1. The van der Waals surface area contributed by atoms with Gasteiger partial charge in [0.05, 0.1) is 24.7 Å². The van der Waals surface area contributed by atoms with Gasteiger partial charge in [0.2, 0.25) is 0 Å². The Morgan fingerprint density at radius 3 is 2.15 bits per heavy atom. The summed E-state index contributed by atoms with van der Waals surface area (Å²) in [5.41, 5.74) is 0.0180. The van der Waals surface area contributed by atoms with Gasteiger partial charge in [0.15, 0.2) is 0 Å². The van der Waals surface area contributed by atoms with Crippen LogP contribution in [0.4, 0.5) is 0 Å². The van der Waals surface area contributed by atoms with E-state index in [4.69, 9.17) is 4.74 Å². The summed E-state index contributed by atoms with van der Waals surface area (Å²) in [5, 5.41) is 20.0.